The summed E-state index contributed by atoms with van der Waals surface area (Å²) in [7, 11) is 3.43. The number of hydrogen-bond donors (Lipinski definition) is 2. The van der Waals surface area contributed by atoms with Gasteiger partial charge >= 0.3 is 0 Å². The molecule has 2 heterocycles. The summed E-state index contributed by atoms with van der Waals surface area (Å²) in [6, 6.07) is 13.7. The predicted molar refractivity (Wildman–Crippen MR) is 110 cm³/mol. The third-order valence-corrected chi connectivity index (χ3v) is 4.11. The average molecular weight is 382 g/mol. The molecular formula is C20H26N6O2. The Kier molecular flexibility index (Phi) is 7.20. The lowest BCUT2D eigenvalue weighted by molar-refractivity contribution is 0.172. The summed E-state index contributed by atoms with van der Waals surface area (Å²) in [5.74, 6) is 2.40. The Labute approximate surface area is 164 Å². The number of methoxy groups -OCH3 is 1. The number of rotatable bonds is 9. The van der Waals surface area contributed by atoms with Crippen LogP contribution >= 0.6 is 0 Å². The summed E-state index contributed by atoms with van der Waals surface area (Å²) in [4.78, 5) is 4.27. The van der Waals surface area contributed by atoms with Gasteiger partial charge in [0.1, 0.15) is 11.6 Å². The van der Waals surface area contributed by atoms with Crippen molar-refractivity contribution in [3.05, 3.63) is 54.5 Å². The molecule has 0 atom stereocenters. The topological polar surface area (TPSA) is 85.1 Å². The molecule has 0 saturated carbocycles. The molecule has 8 heteroatoms. The van der Waals surface area contributed by atoms with E-state index in [1.165, 1.54) is 0 Å². The van der Waals surface area contributed by atoms with Gasteiger partial charge in [0.15, 0.2) is 11.6 Å². The van der Waals surface area contributed by atoms with E-state index in [4.69, 9.17) is 9.47 Å². The first-order valence-corrected chi connectivity index (χ1v) is 9.28. The van der Waals surface area contributed by atoms with Crippen molar-refractivity contribution < 1.29 is 9.47 Å². The van der Waals surface area contributed by atoms with Crippen LogP contribution in [-0.4, -0.2) is 54.5 Å². The number of aromatic nitrogens is 3. The Morgan fingerprint density at radius 1 is 1.14 bits per heavy atom. The van der Waals surface area contributed by atoms with Crippen molar-refractivity contribution in [3.63, 3.8) is 0 Å². The molecule has 2 N–H and O–H groups in total. The quantitative estimate of drug-likeness (QED) is 0.336. The van der Waals surface area contributed by atoms with E-state index in [-0.39, 0.29) is 0 Å². The fourth-order valence-electron chi connectivity index (χ4n) is 2.73. The van der Waals surface area contributed by atoms with Crippen LogP contribution in [0.1, 0.15) is 12.2 Å². The van der Waals surface area contributed by atoms with Gasteiger partial charge in [0, 0.05) is 58.1 Å². The second-order valence-corrected chi connectivity index (χ2v) is 6.14. The summed E-state index contributed by atoms with van der Waals surface area (Å²) in [6.07, 6.45) is 3.55. The highest BCUT2D eigenvalue weighted by atomic mass is 16.5. The van der Waals surface area contributed by atoms with Gasteiger partial charge in [0.2, 0.25) is 0 Å². The van der Waals surface area contributed by atoms with E-state index in [2.05, 4.69) is 25.8 Å². The molecule has 148 valence electrons. The SMILES string of the molecule is CN=C(NCCc1nnc2ccccn12)Nc1cccc(OCCCOC)c1. The summed E-state index contributed by atoms with van der Waals surface area (Å²) in [6.45, 7) is 2.00. The molecule has 28 heavy (non-hydrogen) atoms. The van der Waals surface area contributed by atoms with Crippen LogP contribution in [0.25, 0.3) is 5.65 Å². The maximum Gasteiger partial charge on any atom is 0.195 e. The van der Waals surface area contributed by atoms with E-state index in [1.807, 2.05) is 53.1 Å². The zero-order valence-electron chi connectivity index (χ0n) is 16.3. The molecule has 1 aromatic carbocycles. The minimum absolute atomic E-state index is 0.622. The highest BCUT2D eigenvalue weighted by Gasteiger charge is 2.06. The molecule has 3 aromatic rings. The molecule has 0 fully saturated rings. The number of pyridine rings is 1. The van der Waals surface area contributed by atoms with Gasteiger partial charge in [0.25, 0.3) is 0 Å². The second-order valence-electron chi connectivity index (χ2n) is 6.14. The molecule has 0 spiro atoms. The van der Waals surface area contributed by atoms with Crippen LogP contribution in [0.4, 0.5) is 5.69 Å². The van der Waals surface area contributed by atoms with Crippen LogP contribution in [0.2, 0.25) is 0 Å². The molecule has 0 aliphatic carbocycles. The smallest absolute Gasteiger partial charge is 0.195 e. The number of anilines is 1. The van der Waals surface area contributed by atoms with Crippen LogP contribution in [0.3, 0.4) is 0 Å². The fourth-order valence-corrected chi connectivity index (χ4v) is 2.73. The van der Waals surface area contributed by atoms with E-state index < -0.39 is 0 Å². The van der Waals surface area contributed by atoms with Crippen molar-refractivity contribution in [2.45, 2.75) is 12.8 Å². The van der Waals surface area contributed by atoms with Crippen LogP contribution in [0, 0.1) is 0 Å². The number of benzene rings is 1. The number of ether oxygens (including phenoxy) is 2. The second kappa shape index (κ2) is 10.3. The Hall–Kier alpha value is -3.13. The van der Waals surface area contributed by atoms with Gasteiger partial charge in [0.05, 0.1) is 6.61 Å². The number of fused-ring (bicyclic) bond motifs is 1. The van der Waals surface area contributed by atoms with Gasteiger partial charge in [-0.2, -0.15) is 0 Å². The lowest BCUT2D eigenvalue weighted by Crippen LogP contribution is -2.32. The van der Waals surface area contributed by atoms with Crippen LogP contribution < -0.4 is 15.4 Å². The van der Waals surface area contributed by atoms with E-state index in [9.17, 15) is 0 Å². The maximum atomic E-state index is 5.74. The average Bonchev–Trinajstić information content (AvgIpc) is 3.14. The number of aliphatic imine (C=N–C) groups is 1. The van der Waals surface area contributed by atoms with Crippen molar-refractivity contribution >= 4 is 17.3 Å². The summed E-state index contributed by atoms with van der Waals surface area (Å²) in [5, 5.41) is 15.0. The highest BCUT2D eigenvalue weighted by molar-refractivity contribution is 5.93. The zero-order chi connectivity index (χ0) is 19.6. The monoisotopic (exact) mass is 382 g/mol. The van der Waals surface area contributed by atoms with Crippen molar-refractivity contribution in [3.8, 4) is 5.75 Å². The van der Waals surface area contributed by atoms with Crippen LogP contribution in [0.15, 0.2) is 53.7 Å². The van der Waals surface area contributed by atoms with Gasteiger partial charge in [-0.25, -0.2) is 0 Å². The van der Waals surface area contributed by atoms with Gasteiger partial charge in [-0.1, -0.05) is 12.1 Å². The van der Waals surface area contributed by atoms with Gasteiger partial charge in [-0.3, -0.25) is 9.39 Å². The van der Waals surface area contributed by atoms with E-state index in [1.54, 1.807) is 14.2 Å². The van der Waals surface area contributed by atoms with Crippen LogP contribution in [0.5, 0.6) is 5.75 Å². The molecule has 0 bridgehead atoms. The minimum Gasteiger partial charge on any atom is -0.493 e. The number of nitrogens with zero attached hydrogens (tertiary/aromatic N) is 4. The van der Waals surface area contributed by atoms with E-state index >= 15 is 0 Å². The molecule has 0 radical (unpaired) electrons. The molecule has 3 rings (SSSR count). The Bertz CT molecular complexity index is 908. The first kappa shape index (κ1) is 19.6. The Balaban J connectivity index is 1.50. The van der Waals surface area contributed by atoms with E-state index in [0.717, 1.165) is 35.8 Å². The highest BCUT2D eigenvalue weighted by Crippen LogP contribution is 2.17. The molecule has 0 amide bonds. The first-order chi connectivity index (χ1) is 13.8. The van der Waals surface area contributed by atoms with Gasteiger partial charge in [-0.15, -0.1) is 10.2 Å². The molecular weight excluding hydrogens is 356 g/mol. The summed E-state index contributed by atoms with van der Waals surface area (Å²) >= 11 is 0. The Morgan fingerprint density at radius 3 is 2.93 bits per heavy atom. The number of nitrogens with one attached hydrogen (secondary N) is 2. The molecule has 2 aromatic heterocycles. The minimum atomic E-state index is 0.622. The summed E-state index contributed by atoms with van der Waals surface area (Å²) < 4.78 is 12.8. The Morgan fingerprint density at radius 2 is 2.07 bits per heavy atom. The molecule has 0 unspecified atom stereocenters. The maximum absolute atomic E-state index is 5.74. The third kappa shape index (κ3) is 5.43. The number of hydrogen-bond acceptors (Lipinski definition) is 5. The lowest BCUT2D eigenvalue weighted by Gasteiger charge is -2.13. The standard InChI is InChI=1S/C20H26N6O2/c1-21-20(22-11-10-19-25-24-18-9-3-4-12-26(18)19)23-16-7-5-8-17(15-16)28-14-6-13-27-2/h3-5,7-9,12,15H,6,10-11,13-14H2,1-2H3,(H2,21,22,23). The molecule has 0 saturated heterocycles. The molecule has 8 nitrogen and oxygen atoms in total. The fraction of sp³-hybridized carbons (Fsp3) is 0.350. The van der Waals surface area contributed by atoms with Crippen molar-refractivity contribution in [1.82, 2.24) is 19.9 Å². The van der Waals surface area contributed by atoms with E-state index in [0.29, 0.717) is 25.7 Å². The summed E-state index contributed by atoms with van der Waals surface area (Å²) in [5.41, 5.74) is 1.76. The van der Waals surface area contributed by atoms with Crippen molar-refractivity contribution in [1.29, 1.82) is 0 Å². The molecule has 0 aliphatic heterocycles. The predicted octanol–water partition coefficient (Wildman–Crippen LogP) is 2.37. The number of guanidine groups is 1. The third-order valence-electron chi connectivity index (χ3n) is 4.11. The lowest BCUT2D eigenvalue weighted by atomic mass is 10.3. The zero-order valence-corrected chi connectivity index (χ0v) is 16.3. The largest absolute Gasteiger partial charge is 0.493 e. The van der Waals surface area contributed by atoms with Gasteiger partial charge < -0.3 is 20.1 Å². The van der Waals surface area contributed by atoms with Crippen molar-refractivity contribution in [2.24, 2.45) is 4.99 Å². The van der Waals surface area contributed by atoms with Crippen LogP contribution in [-0.2, 0) is 11.2 Å². The van der Waals surface area contributed by atoms with Crippen molar-refractivity contribution in [2.75, 3.05) is 39.2 Å². The normalized spacial score (nSPS) is 11.6. The molecule has 0 aliphatic rings. The van der Waals surface area contributed by atoms with Gasteiger partial charge in [-0.05, 0) is 24.3 Å². The first-order valence-electron chi connectivity index (χ1n) is 9.28.